The summed E-state index contributed by atoms with van der Waals surface area (Å²) >= 11 is 0. The number of pyridine rings is 1. The number of aromatic nitrogens is 1. The van der Waals surface area contributed by atoms with Crippen molar-refractivity contribution in [1.82, 2.24) is 15.2 Å². The normalized spacial score (nSPS) is 20.2. The number of hydrogen-bond acceptors (Lipinski definition) is 5. The molecule has 1 aliphatic rings. The molecule has 1 aromatic carbocycles. The maximum atomic E-state index is 5.86. The quantitative estimate of drug-likeness (QED) is 0.635. The molecule has 0 amide bonds. The summed E-state index contributed by atoms with van der Waals surface area (Å²) in [5.41, 5.74) is 2.18. The highest BCUT2D eigenvalue weighted by Gasteiger charge is 2.21. The van der Waals surface area contributed by atoms with Crippen molar-refractivity contribution < 1.29 is 9.47 Å². The molecule has 0 saturated carbocycles. The topological polar surface area (TPSA) is 46.6 Å². The Morgan fingerprint density at radius 2 is 1.96 bits per heavy atom. The van der Waals surface area contributed by atoms with E-state index in [-0.39, 0.29) is 0 Å². The van der Waals surface area contributed by atoms with Crippen LogP contribution < -0.4 is 10.1 Å². The first kappa shape index (κ1) is 20.8. The van der Waals surface area contributed by atoms with Gasteiger partial charge in [0.05, 0.1) is 17.9 Å². The average molecular weight is 384 g/mol. The molecule has 0 radical (unpaired) electrons. The molecule has 5 heteroatoms. The third-order valence-corrected chi connectivity index (χ3v) is 4.91. The van der Waals surface area contributed by atoms with Gasteiger partial charge >= 0.3 is 0 Å². The predicted octanol–water partition coefficient (Wildman–Crippen LogP) is 3.64. The van der Waals surface area contributed by atoms with Gasteiger partial charge in [-0.25, -0.2) is 0 Å². The fraction of sp³-hybridized carbons (Fsp3) is 0.522. The molecule has 0 spiro atoms. The van der Waals surface area contributed by atoms with Gasteiger partial charge in [0, 0.05) is 25.8 Å². The Bertz CT molecular complexity index is 685. The fourth-order valence-electron chi connectivity index (χ4n) is 3.67. The molecule has 1 fully saturated rings. The summed E-state index contributed by atoms with van der Waals surface area (Å²) in [6.07, 6.45) is 4.91. The molecule has 1 aromatic heterocycles. The van der Waals surface area contributed by atoms with E-state index in [9.17, 15) is 0 Å². The van der Waals surface area contributed by atoms with Gasteiger partial charge in [-0.3, -0.25) is 9.88 Å². The summed E-state index contributed by atoms with van der Waals surface area (Å²) < 4.78 is 11.7. The Kier molecular flexibility index (Phi) is 8.27. The van der Waals surface area contributed by atoms with E-state index < -0.39 is 0 Å². The number of rotatable bonds is 10. The summed E-state index contributed by atoms with van der Waals surface area (Å²) in [4.78, 5) is 6.82. The lowest BCUT2D eigenvalue weighted by Gasteiger charge is -2.35. The number of morpholine rings is 1. The van der Waals surface area contributed by atoms with Crippen LogP contribution in [0.2, 0.25) is 0 Å². The molecular formula is C23H33N3O2. The summed E-state index contributed by atoms with van der Waals surface area (Å²) in [6.45, 7) is 10.0. The van der Waals surface area contributed by atoms with Gasteiger partial charge in [0.25, 0.3) is 0 Å². The lowest BCUT2D eigenvalue weighted by Crippen LogP contribution is -2.45. The predicted molar refractivity (Wildman–Crippen MR) is 112 cm³/mol. The van der Waals surface area contributed by atoms with Crippen molar-refractivity contribution in [2.24, 2.45) is 0 Å². The Balaban J connectivity index is 1.30. The standard InChI is InChI=1S/C23H33N3O2/c1-19-16-26(17-20(2)28-19)13-6-5-11-24-15-21-8-7-10-23(14-21)27-18-22-9-3-4-12-25-22/h3-4,7-10,12,14,19-20,24H,5-6,11,13,15-18H2,1-2H3. The van der Waals surface area contributed by atoms with Crippen LogP contribution in [0.15, 0.2) is 48.7 Å². The lowest BCUT2D eigenvalue weighted by atomic mass is 10.2. The zero-order valence-electron chi connectivity index (χ0n) is 17.1. The van der Waals surface area contributed by atoms with Crippen LogP contribution in [-0.2, 0) is 17.9 Å². The van der Waals surface area contributed by atoms with Gasteiger partial charge in [-0.2, -0.15) is 0 Å². The van der Waals surface area contributed by atoms with Gasteiger partial charge in [-0.15, -0.1) is 0 Å². The van der Waals surface area contributed by atoms with E-state index >= 15 is 0 Å². The van der Waals surface area contributed by atoms with Crippen LogP contribution in [0.4, 0.5) is 0 Å². The fourth-order valence-corrected chi connectivity index (χ4v) is 3.67. The van der Waals surface area contributed by atoms with Crippen molar-refractivity contribution in [3.8, 4) is 5.75 Å². The average Bonchev–Trinajstić information content (AvgIpc) is 2.69. The Morgan fingerprint density at radius 1 is 1.11 bits per heavy atom. The van der Waals surface area contributed by atoms with Gasteiger partial charge in [0.15, 0.2) is 0 Å². The molecular weight excluding hydrogens is 350 g/mol. The Morgan fingerprint density at radius 3 is 2.75 bits per heavy atom. The largest absolute Gasteiger partial charge is 0.487 e. The summed E-state index contributed by atoms with van der Waals surface area (Å²) in [6, 6.07) is 14.2. The maximum Gasteiger partial charge on any atom is 0.130 e. The second kappa shape index (κ2) is 11.1. The van der Waals surface area contributed by atoms with E-state index in [1.807, 2.05) is 30.3 Å². The van der Waals surface area contributed by atoms with Crippen molar-refractivity contribution in [2.45, 2.75) is 52.0 Å². The molecule has 28 heavy (non-hydrogen) atoms. The number of unbranched alkanes of at least 4 members (excludes halogenated alkanes) is 1. The molecule has 152 valence electrons. The highest BCUT2D eigenvalue weighted by molar-refractivity contribution is 5.28. The van der Waals surface area contributed by atoms with E-state index in [0.717, 1.165) is 44.2 Å². The van der Waals surface area contributed by atoms with Crippen molar-refractivity contribution in [3.05, 3.63) is 59.9 Å². The van der Waals surface area contributed by atoms with E-state index in [1.54, 1.807) is 6.20 Å². The van der Waals surface area contributed by atoms with E-state index in [1.165, 1.54) is 18.4 Å². The monoisotopic (exact) mass is 383 g/mol. The molecule has 1 aliphatic heterocycles. The van der Waals surface area contributed by atoms with E-state index in [2.05, 4.69) is 41.2 Å². The minimum absolute atomic E-state index is 0.356. The highest BCUT2D eigenvalue weighted by Crippen LogP contribution is 2.15. The van der Waals surface area contributed by atoms with Crippen LogP contribution in [0.25, 0.3) is 0 Å². The van der Waals surface area contributed by atoms with Crippen molar-refractivity contribution >= 4 is 0 Å². The molecule has 2 heterocycles. The van der Waals surface area contributed by atoms with Gasteiger partial charge in [0.1, 0.15) is 12.4 Å². The third kappa shape index (κ3) is 7.23. The van der Waals surface area contributed by atoms with Crippen LogP contribution in [0.3, 0.4) is 0 Å². The van der Waals surface area contributed by atoms with Crippen LogP contribution in [0.1, 0.15) is 37.9 Å². The van der Waals surface area contributed by atoms with Crippen molar-refractivity contribution in [2.75, 3.05) is 26.2 Å². The zero-order valence-corrected chi connectivity index (χ0v) is 17.1. The van der Waals surface area contributed by atoms with Crippen LogP contribution in [0, 0.1) is 0 Å². The number of nitrogens with zero attached hydrogens (tertiary/aromatic N) is 2. The highest BCUT2D eigenvalue weighted by atomic mass is 16.5. The van der Waals surface area contributed by atoms with Gasteiger partial charge < -0.3 is 14.8 Å². The first-order chi connectivity index (χ1) is 13.7. The number of ether oxygens (including phenoxy) is 2. The van der Waals surface area contributed by atoms with Crippen LogP contribution in [0.5, 0.6) is 5.75 Å². The molecule has 2 unspecified atom stereocenters. The van der Waals surface area contributed by atoms with Crippen molar-refractivity contribution in [1.29, 1.82) is 0 Å². The molecule has 3 rings (SSSR count). The molecule has 2 atom stereocenters. The van der Waals surface area contributed by atoms with E-state index in [4.69, 9.17) is 9.47 Å². The van der Waals surface area contributed by atoms with Gasteiger partial charge in [-0.05, 0) is 69.6 Å². The smallest absolute Gasteiger partial charge is 0.130 e. The second-order valence-electron chi connectivity index (χ2n) is 7.66. The molecule has 2 aromatic rings. The Hall–Kier alpha value is -1.95. The minimum Gasteiger partial charge on any atom is -0.487 e. The van der Waals surface area contributed by atoms with Crippen LogP contribution >= 0.6 is 0 Å². The summed E-state index contributed by atoms with van der Waals surface area (Å²) in [5, 5.41) is 3.55. The van der Waals surface area contributed by atoms with Crippen LogP contribution in [-0.4, -0.2) is 48.3 Å². The number of benzene rings is 1. The summed E-state index contributed by atoms with van der Waals surface area (Å²) in [5.74, 6) is 0.889. The van der Waals surface area contributed by atoms with Crippen molar-refractivity contribution in [3.63, 3.8) is 0 Å². The molecule has 0 bridgehead atoms. The molecule has 5 nitrogen and oxygen atoms in total. The van der Waals surface area contributed by atoms with E-state index in [0.29, 0.717) is 18.8 Å². The van der Waals surface area contributed by atoms with Gasteiger partial charge in [-0.1, -0.05) is 18.2 Å². The number of hydrogen-bond donors (Lipinski definition) is 1. The molecule has 1 N–H and O–H groups in total. The maximum absolute atomic E-state index is 5.86. The first-order valence-corrected chi connectivity index (χ1v) is 10.4. The third-order valence-electron chi connectivity index (χ3n) is 4.91. The SMILES string of the molecule is CC1CN(CCCCNCc2cccc(OCc3ccccn3)c2)CC(C)O1. The second-order valence-corrected chi connectivity index (χ2v) is 7.66. The minimum atomic E-state index is 0.356. The van der Waals surface area contributed by atoms with Gasteiger partial charge in [0.2, 0.25) is 0 Å². The zero-order chi connectivity index (χ0) is 19.6. The Labute approximate surface area is 169 Å². The molecule has 0 aliphatic carbocycles. The first-order valence-electron chi connectivity index (χ1n) is 10.4. The molecule has 1 saturated heterocycles. The number of nitrogens with one attached hydrogen (secondary N) is 1. The lowest BCUT2D eigenvalue weighted by molar-refractivity contribution is -0.0681. The summed E-state index contributed by atoms with van der Waals surface area (Å²) in [7, 11) is 0.